The number of carbonyl (C=O) groups is 1. The van der Waals surface area contributed by atoms with E-state index in [0.29, 0.717) is 12.5 Å². The number of aromatic nitrogens is 2. The molecule has 1 aliphatic carbocycles. The predicted molar refractivity (Wildman–Crippen MR) is 122 cm³/mol. The minimum absolute atomic E-state index is 0.00795. The van der Waals surface area contributed by atoms with Gasteiger partial charge in [-0.15, -0.1) is 0 Å². The lowest BCUT2D eigenvalue weighted by Gasteiger charge is -2.25. The van der Waals surface area contributed by atoms with Gasteiger partial charge in [0.15, 0.2) is 0 Å². The summed E-state index contributed by atoms with van der Waals surface area (Å²) in [5.41, 5.74) is 3.14. The van der Waals surface area contributed by atoms with Gasteiger partial charge in [-0.1, -0.05) is 55.8 Å². The van der Waals surface area contributed by atoms with E-state index >= 15 is 0 Å². The Kier molecular flexibility index (Phi) is 5.60. The third-order valence-electron chi connectivity index (χ3n) is 6.97. The topological polar surface area (TPSA) is 61.0 Å². The van der Waals surface area contributed by atoms with Crippen molar-refractivity contribution in [1.82, 2.24) is 20.4 Å². The summed E-state index contributed by atoms with van der Waals surface area (Å²) in [6, 6.07) is 14.5. The summed E-state index contributed by atoms with van der Waals surface area (Å²) in [5.74, 6) is 0.473. The van der Waals surface area contributed by atoms with Crippen molar-refractivity contribution in [2.75, 3.05) is 20.6 Å². The van der Waals surface area contributed by atoms with Crippen molar-refractivity contribution in [1.29, 1.82) is 0 Å². The van der Waals surface area contributed by atoms with Crippen molar-refractivity contribution >= 4 is 28.4 Å². The van der Waals surface area contributed by atoms with Crippen LogP contribution in [0.4, 0.5) is 0 Å². The molecule has 0 radical (unpaired) electrons. The SMILES string of the molecule is CC1C(C(=O)NC[C@H](Cc2cc3cn[nH]c3cc2Cl)N(C)C)[C@@]1(C)c1ccccc1. The zero-order valence-corrected chi connectivity index (χ0v) is 18.7. The average molecular weight is 425 g/mol. The fourth-order valence-electron chi connectivity index (χ4n) is 4.65. The number of carbonyl (C=O) groups excluding carboxylic acids is 1. The number of nitrogens with zero attached hydrogens (tertiary/aromatic N) is 2. The lowest BCUT2D eigenvalue weighted by molar-refractivity contribution is -0.123. The van der Waals surface area contributed by atoms with Crippen LogP contribution in [0.25, 0.3) is 10.9 Å². The molecule has 158 valence electrons. The Morgan fingerprint density at radius 2 is 2.03 bits per heavy atom. The normalized spacial score (nSPS) is 24.2. The van der Waals surface area contributed by atoms with Crippen molar-refractivity contribution in [3.8, 4) is 0 Å². The largest absolute Gasteiger partial charge is 0.354 e. The first kappa shape index (κ1) is 20.9. The van der Waals surface area contributed by atoms with Gasteiger partial charge in [0.2, 0.25) is 5.91 Å². The minimum Gasteiger partial charge on any atom is -0.354 e. The van der Waals surface area contributed by atoms with Crippen LogP contribution in [0.3, 0.4) is 0 Å². The maximum Gasteiger partial charge on any atom is 0.224 e. The van der Waals surface area contributed by atoms with Gasteiger partial charge >= 0.3 is 0 Å². The van der Waals surface area contributed by atoms with E-state index in [2.05, 4.69) is 52.5 Å². The molecule has 2 unspecified atom stereocenters. The van der Waals surface area contributed by atoms with Gasteiger partial charge < -0.3 is 10.2 Å². The molecule has 1 saturated carbocycles. The number of H-pyrrole nitrogens is 1. The number of rotatable bonds is 7. The van der Waals surface area contributed by atoms with Crippen LogP contribution in [0.1, 0.15) is 25.0 Å². The van der Waals surface area contributed by atoms with E-state index in [0.717, 1.165) is 27.9 Å². The van der Waals surface area contributed by atoms with Gasteiger partial charge in [-0.25, -0.2) is 0 Å². The number of fused-ring (bicyclic) bond motifs is 1. The lowest BCUT2D eigenvalue weighted by atomic mass is 9.94. The Labute approximate surface area is 182 Å². The second-order valence-electron chi connectivity index (χ2n) is 8.88. The quantitative estimate of drug-likeness (QED) is 0.602. The van der Waals surface area contributed by atoms with Crippen LogP contribution < -0.4 is 5.32 Å². The van der Waals surface area contributed by atoms with Crippen LogP contribution in [0, 0.1) is 11.8 Å². The highest BCUT2D eigenvalue weighted by Gasteiger charge is 2.62. The number of hydrogen-bond donors (Lipinski definition) is 2. The Balaban J connectivity index is 1.43. The highest BCUT2D eigenvalue weighted by Crippen LogP contribution is 2.59. The van der Waals surface area contributed by atoms with Crippen molar-refractivity contribution in [2.24, 2.45) is 11.8 Å². The van der Waals surface area contributed by atoms with Crippen LogP contribution in [0.2, 0.25) is 5.02 Å². The van der Waals surface area contributed by atoms with E-state index in [-0.39, 0.29) is 23.3 Å². The molecular weight excluding hydrogens is 396 g/mol. The summed E-state index contributed by atoms with van der Waals surface area (Å²) < 4.78 is 0. The number of likely N-dealkylation sites (N-methyl/N-ethyl adjacent to an activating group) is 1. The van der Waals surface area contributed by atoms with Crippen molar-refractivity contribution in [2.45, 2.75) is 31.7 Å². The molecule has 0 saturated heterocycles. The molecule has 1 aliphatic rings. The highest BCUT2D eigenvalue weighted by molar-refractivity contribution is 6.32. The highest BCUT2D eigenvalue weighted by atomic mass is 35.5. The summed E-state index contributed by atoms with van der Waals surface area (Å²) in [5, 5.41) is 12.0. The summed E-state index contributed by atoms with van der Waals surface area (Å²) >= 11 is 6.50. The fourth-order valence-corrected chi connectivity index (χ4v) is 4.90. The van der Waals surface area contributed by atoms with E-state index in [1.54, 1.807) is 6.20 Å². The molecule has 6 heteroatoms. The van der Waals surface area contributed by atoms with Gasteiger partial charge in [-0.3, -0.25) is 9.89 Å². The monoisotopic (exact) mass is 424 g/mol. The van der Waals surface area contributed by atoms with Crippen molar-refractivity contribution < 1.29 is 4.79 Å². The first-order chi connectivity index (χ1) is 14.3. The van der Waals surface area contributed by atoms with Gasteiger partial charge in [0, 0.05) is 28.4 Å². The van der Waals surface area contributed by atoms with Crippen LogP contribution in [-0.4, -0.2) is 47.7 Å². The minimum atomic E-state index is -0.0887. The molecule has 1 aromatic heterocycles. The third-order valence-corrected chi connectivity index (χ3v) is 7.32. The average Bonchev–Trinajstić information content (AvgIpc) is 3.05. The molecule has 2 aromatic carbocycles. The number of aromatic amines is 1. The second kappa shape index (κ2) is 8.05. The number of halogens is 1. The smallest absolute Gasteiger partial charge is 0.224 e. The molecular formula is C24H29ClN4O. The first-order valence-corrected chi connectivity index (χ1v) is 10.8. The molecule has 1 amide bonds. The molecule has 3 aromatic rings. The summed E-state index contributed by atoms with van der Waals surface area (Å²) in [6.07, 6.45) is 2.56. The zero-order valence-electron chi connectivity index (χ0n) is 17.9. The van der Waals surface area contributed by atoms with E-state index in [4.69, 9.17) is 11.6 Å². The molecule has 2 N–H and O–H groups in total. The maximum atomic E-state index is 13.0. The Morgan fingerprint density at radius 1 is 1.30 bits per heavy atom. The van der Waals surface area contributed by atoms with Gasteiger partial charge in [0.1, 0.15) is 0 Å². The van der Waals surface area contributed by atoms with Crippen LogP contribution in [-0.2, 0) is 16.6 Å². The number of hydrogen-bond acceptors (Lipinski definition) is 3. The molecule has 5 nitrogen and oxygen atoms in total. The van der Waals surface area contributed by atoms with Crippen LogP contribution >= 0.6 is 11.6 Å². The van der Waals surface area contributed by atoms with E-state index in [1.807, 2.05) is 38.4 Å². The fraction of sp³-hybridized carbons (Fsp3) is 0.417. The molecule has 0 aliphatic heterocycles. The summed E-state index contributed by atoms with van der Waals surface area (Å²) in [7, 11) is 4.07. The third kappa shape index (κ3) is 3.72. The predicted octanol–water partition coefficient (Wildman–Crippen LogP) is 4.03. The molecule has 30 heavy (non-hydrogen) atoms. The summed E-state index contributed by atoms with van der Waals surface area (Å²) in [6.45, 7) is 4.95. The van der Waals surface area contributed by atoms with Gasteiger partial charge in [-0.05, 0) is 49.7 Å². The van der Waals surface area contributed by atoms with Gasteiger partial charge in [0.25, 0.3) is 0 Å². The van der Waals surface area contributed by atoms with Crippen LogP contribution in [0.15, 0.2) is 48.7 Å². The van der Waals surface area contributed by atoms with Gasteiger partial charge in [-0.2, -0.15) is 5.10 Å². The molecule has 0 spiro atoms. The molecule has 1 fully saturated rings. The van der Waals surface area contributed by atoms with E-state index in [1.165, 1.54) is 5.56 Å². The van der Waals surface area contributed by atoms with Crippen molar-refractivity contribution in [3.63, 3.8) is 0 Å². The number of benzene rings is 2. The molecule has 4 atom stereocenters. The Hall–Kier alpha value is -2.37. The Bertz CT molecular complexity index is 1050. The Morgan fingerprint density at radius 3 is 2.73 bits per heavy atom. The van der Waals surface area contributed by atoms with E-state index in [9.17, 15) is 4.79 Å². The number of nitrogens with one attached hydrogen (secondary N) is 2. The van der Waals surface area contributed by atoms with Crippen LogP contribution in [0.5, 0.6) is 0 Å². The number of amides is 1. The standard InChI is InChI=1S/C24H29ClN4O/c1-15-22(24(15,2)18-8-6-5-7-9-18)23(30)26-14-19(29(3)4)11-16-10-17-13-27-28-21(17)12-20(16)25/h5-10,12-13,15,19,22H,11,14H2,1-4H3,(H,26,30)(H,27,28)/t15?,19-,22?,24+/m0/s1. The van der Waals surface area contributed by atoms with Gasteiger partial charge in [0.05, 0.1) is 17.6 Å². The molecule has 1 heterocycles. The zero-order chi connectivity index (χ0) is 21.5. The second-order valence-corrected chi connectivity index (χ2v) is 9.29. The first-order valence-electron chi connectivity index (χ1n) is 10.4. The van der Waals surface area contributed by atoms with E-state index < -0.39 is 0 Å². The molecule has 4 rings (SSSR count). The summed E-state index contributed by atoms with van der Waals surface area (Å²) in [4.78, 5) is 15.2. The van der Waals surface area contributed by atoms with Crippen molar-refractivity contribution in [3.05, 3.63) is 64.8 Å². The lowest BCUT2D eigenvalue weighted by Crippen LogP contribution is -2.42. The molecule has 0 bridgehead atoms. The maximum absolute atomic E-state index is 13.0.